The predicted octanol–water partition coefficient (Wildman–Crippen LogP) is -0.866. The van der Waals surface area contributed by atoms with E-state index in [9.17, 15) is 21.0 Å². The van der Waals surface area contributed by atoms with E-state index in [4.69, 9.17) is 13.7 Å². The third-order valence-corrected chi connectivity index (χ3v) is 8.01. The Hall–Kier alpha value is 0.240. The highest BCUT2D eigenvalue weighted by atomic mass is 32.2. The molecule has 0 aliphatic rings. The van der Waals surface area contributed by atoms with Crippen LogP contribution < -0.4 is 0 Å². The lowest BCUT2D eigenvalue weighted by molar-refractivity contribution is 0.370. The second-order valence-corrected chi connectivity index (χ2v) is 12.8. The second-order valence-electron chi connectivity index (χ2n) is 6.43. The molecule has 11 nitrogen and oxygen atoms in total. The quantitative estimate of drug-likeness (QED) is 0.155. The first kappa shape index (κ1) is 27.2. The lowest BCUT2D eigenvalue weighted by Crippen LogP contribution is -2.33. The molecule has 0 bridgehead atoms. The Morgan fingerprint density at radius 3 is 1.41 bits per heavy atom. The van der Waals surface area contributed by atoms with E-state index in [1.165, 1.54) is 0 Å². The van der Waals surface area contributed by atoms with Crippen LogP contribution in [0.5, 0.6) is 0 Å². The first-order valence-electron chi connectivity index (χ1n) is 7.93. The number of nitrogens with zero attached hydrogens (tertiary/aromatic N) is 3. The molecule has 0 saturated carbocycles. The molecule has 0 aromatic rings. The van der Waals surface area contributed by atoms with Crippen molar-refractivity contribution >= 4 is 39.2 Å². The zero-order valence-corrected chi connectivity index (χ0v) is 19.1. The maximum Gasteiger partial charge on any atom is 0.266 e. The Balaban J connectivity index is 4.79. The highest BCUT2D eigenvalue weighted by molar-refractivity contribution is 7.86. The average Bonchev–Trinajstić information content (AvgIpc) is 2.47. The van der Waals surface area contributed by atoms with Crippen LogP contribution in [-0.2, 0) is 31.3 Å². The van der Waals surface area contributed by atoms with Crippen LogP contribution in [0.1, 0.15) is 0 Å². The molecule has 0 spiro atoms. The molecule has 15 heteroatoms. The van der Waals surface area contributed by atoms with Crippen LogP contribution in [0.25, 0.3) is 0 Å². The van der Waals surface area contributed by atoms with Gasteiger partial charge >= 0.3 is 0 Å². The molecule has 0 aliphatic carbocycles. The minimum absolute atomic E-state index is 0.108. The molecule has 3 N–H and O–H groups in total. The van der Waals surface area contributed by atoms with Crippen molar-refractivity contribution in [2.24, 2.45) is 0 Å². The summed E-state index contributed by atoms with van der Waals surface area (Å²) in [7, 11) is -3.62. The van der Waals surface area contributed by atoms with Crippen molar-refractivity contribution in [3.8, 4) is 0 Å². The third-order valence-electron chi connectivity index (χ3n) is 3.43. The maximum absolute atomic E-state index is 10.9. The highest BCUT2D eigenvalue weighted by Crippen LogP contribution is 2.36. The fourth-order valence-electron chi connectivity index (χ4n) is 2.15. The van der Waals surface area contributed by atoms with Crippen molar-refractivity contribution in [2.45, 2.75) is 0 Å². The van der Waals surface area contributed by atoms with Crippen LogP contribution in [0.3, 0.4) is 0 Å². The number of hydrogen-bond acceptors (Lipinski definition) is 8. The van der Waals surface area contributed by atoms with Crippen molar-refractivity contribution in [1.82, 2.24) is 14.7 Å². The van der Waals surface area contributed by atoms with E-state index in [1.54, 1.807) is 30.9 Å². The van der Waals surface area contributed by atoms with E-state index in [2.05, 4.69) is 0 Å². The third kappa shape index (κ3) is 18.0. The van der Waals surface area contributed by atoms with Crippen LogP contribution in [-0.4, -0.2) is 126 Å². The Morgan fingerprint density at radius 1 is 0.778 bits per heavy atom. The zero-order valence-electron chi connectivity index (χ0n) is 15.8. The number of rotatable bonds is 15. The van der Waals surface area contributed by atoms with Gasteiger partial charge in [0.15, 0.2) is 11.1 Å². The van der Waals surface area contributed by atoms with Crippen molar-refractivity contribution in [3.63, 3.8) is 0 Å². The molecule has 0 heterocycles. The molecule has 0 radical (unpaired) electrons. The largest absolute Gasteiger partial charge is 0.306 e. The first-order chi connectivity index (χ1) is 12.2. The Bertz CT molecular complexity index is 617. The summed E-state index contributed by atoms with van der Waals surface area (Å²) < 4.78 is 81.0. The van der Waals surface area contributed by atoms with E-state index < -0.39 is 39.2 Å². The molecular formula is C12H30N3O8PS3. The molecule has 27 heavy (non-hydrogen) atoms. The molecule has 1 unspecified atom stereocenters. The molecule has 0 aromatic carbocycles. The fraction of sp³-hybridized carbons (Fsp3) is 1.00. The van der Waals surface area contributed by atoms with E-state index in [0.29, 0.717) is 25.4 Å². The number of hydrogen-bond donors (Lipinski definition) is 3. The van der Waals surface area contributed by atoms with Crippen LogP contribution in [0.15, 0.2) is 0 Å². The summed E-state index contributed by atoms with van der Waals surface area (Å²) in [6.07, 6.45) is 1.67. The summed E-state index contributed by atoms with van der Waals surface area (Å²) in [6.45, 7) is 0.707. The van der Waals surface area contributed by atoms with Crippen molar-refractivity contribution in [1.29, 1.82) is 0 Å². The lowest BCUT2D eigenvalue weighted by Gasteiger charge is -2.31. The van der Waals surface area contributed by atoms with Gasteiger partial charge in [-0.3, -0.25) is 9.11 Å². The molecule has 0 saturated heterocycles. The topological polar surface area (TPSA) is 156 Å². The van der Waals surface area contributed by atoms with Crippen LogP contribution in [0.4, 0.5) is 0 Å². The molecule has 0 aromatic heterocycles. The normalized spacial score (nSPS) is 14.6. The van der Waals surface area contributed by atoms with Gasteiger partial charge in [0.2, 0.25) is 0 Å². The van der Waals surface area contributed by atoms with Gasteiger partial charge in [-0.1, -0.05) is 7.92 Å². The predicted molar refractivity (Wildman–Crippen MR) is 108 cm³/mol. The monoisotopic (exact) mass is 471 g/mol. The summed E-state index contributed by atoms with van der Waals surface area (Å²) >= 11 is -1.89. The van der Waals surface area contributed by atoms with Gasteiger partial charge in [0.1, 0.15) is 0 Å². The van der Waals surface area contributed by atoms with Gasteiger partial charge in [-0.2, -0.15) is 16.8 Å². The zero-order chi connectivity index (χ0) is 21.3. The van der Waals surface area contributed by atoms with Crippen LogP contribution >= 0.6 is 7.92 Å². The lowest BCUT2D eigenvalue weighted by atomic mass is 10.7. The molecule has 0 rings (SSSR count). The van der Waals surface area contributed by atoms with Crippen LogP contribution in [0.2, 0.25) is 0 Å². The second kappa shape index (κ2) is 12.7. The summed E-state index contributed by atoms with van der Waals surface area (Å²) in [5, 5.41) is 0. The van der Waals surface area contributed by atoms with Crippen LogP contribution in [0, 0.1) is 0 Å². The summed E-state index contributed by atoms with van der Waals surface area (Å²) in [5.74, 6) is -0.661. The Kier molecular flexibility index (Phi) is 12.8. The van der Waals surface area contributed by atoms with E-state index in [0.717, 1.165) is 0 Å². The van der Waals surface area contributed by atoms with Gasteiger partial charge in [-0.25, -0.2) is 4.21 Å². The van der Waals surface area contributed by atoms with E-state index in [-0.39, 0.29) is 30.3 Å². The molecular weight excluding hydrogens is 441 g/mol. The van der Waals surface area contributed by atoms with E-state index >= 15 is 0 Å². The first-order valence-corrected chi connectivity index (χ1v) is 14.3. The fourth-order valence-corrected chi connectivity index (χ4v) is 6.44. The minimum Gasteiger partial charge on any atom is -0.306 e. The molecule has 0 aliphatic heterocycles. The Morgan fingerprint density at radius 2 is 1.11 bits per heavy atom. The van der Waals surface area contributed by atoms with Gasteiger partial charge in [0.05, 0.1) is 17.3 Å². The molecule has 1 atom stereocenters. The van der Waals surface area contributed by atoms with Crippen molar-refractivity contribution in [2.75, 3.05) is 76.9 Å². The van der Waals surface area contributed by atoms with Gasteiger partial charge in [0.25, 0.3) is 20.2 Å². The van der Waals surface area contributed by atoms with Crippen molar-refractivity contribution < 1.29 is 34.7 Å². The van der Waals surface area contributed by atoms with Gasteiger partial charge in [-0.05, 0) is 21.1 Å². The van der Waals surface area contributed by atoms with Gasteiger partial charge in [-0.15, -0.1) is 0 Å². The standard InChI is InChI=1S/C12H30N3O8PS3/c1-13(4-7-25(16)17)10-24(11-14(2)5-8-26(18,19)20)12-15(3)6-9-27(21,22)23/h4-12H2,1-3H3,(H,16,17)(H,18,19,20)(H,21,22,23). The summed E-state index contributed by atoms with van der Waals surface area (Å²) in [6, 6.07) is 0. The highest BCUT2D eigenvalue weighted by Gasteiger charge is 2.18. The molecule has 164 valence electrons. The molecule has 0 amide bonds. The minimum atomic E-state index is -4.06. The maximum atomic E-state index is 10.9. The smallest absolute Gasteiger partial charge is 0.266 e. The Labute approximate surface area is 165 Å². The van der Waals surface area contributed by atoms with Gasteiger partial charge < -0.3 is 19.3 Å². The average molecular weight is 472 g/mol. The van der Waals surface area contributed by atoms with E-state index in [1.807, 2.05) is 4.90 Å². The van der Waals surface area contributed by atoms with Gasteiger partial charge in [0, 0.05) is 38.5 Å². The molecule has 0 fully saturated rings. The summed E-state index contributed by atoms with van der Waals surface area (Å²) in [4.78, 5) is 5.44. The van der Waals surface area contributed by atoms with Crippen molar-refractivity contribution in [3.05, 3.63) is 0 Å². The summed E-state index contributed by atoms with van der Waals surface area (Å²) in [5.41, 5.74) is 0. The SMILES string of the molecule is CN(CCS(=O)O)CP(CN(C)CCS(=O)(=O)O)CN(C)CCS(=O)(=O)O.